The summed E-state index contributed by atoms with van der Waals surface area (Å²) >= 11 is 0. The minimum absolute atomic E-state index is 0. The van der Waals surface area contributed by atoms with Crippen LogP contribution in [0.5, 0.6) is 0 Å². The minimum atomic E-state index is 0. The van der Waals surface area contributed by atoms with Crippen LogP contribution in [-0.4, -0.2) is 11.9 Å². The van der Waals surface area contributed by atoms with Gasteiger partial charge in [-0.05, 0) is 19.4 Å². The molecule has 0 radical (unpaired) electrons. The fraction of sp³-hybridized carbons (Fsp3) is 0.364. The highest BCUT2D eigenvalue weighted by Crippen LogP contribution is 1.99. The van der Waals surface area contributed by atoms with Crippen molar-refractivity contribution in [3.63, 3.8) is 0 Å². The molecule has 0 aliphatic heterocycles. The van der Waals surface area contributed by atoms with E-state index in [4.69, 9.17) is 0 Å². The molecule has 1 amide bonds. The summed E-state index contributed by atoms with van der Waals surface area (Å²) in [6, 6.07) is 9.97. The summed E-state index contributed by atoms with van der Waals surface area (Å²) in [4.78, 5) is 11.3. The van der Waals surface area contributed by atoms with Crippen molar-refractivity contribution in [2.75, 3.05) is 0 Å². The molecular weight excluding hydrogens is 162 g/mol. The largest absolute Gasteiger partial charge is 0.354 e. The normalized spacial score (nSPS) is 10.1. The summed E-state index contributed by atoms with van der Waals surface area (Å²) in [7, 11) is 0. The molecule has 72 valence electrons. The number of rotatable bonds is 3. The lowest BCUT2D eigenvalue weighted by Gasteiger charge is -2.07. The first kappa shape index (κ1) is 9.78. The highest BCUT2D eigenvalue weighted by atomic mass is 16.1. The maximum atomic E-state index is 11.3. The second kappa shape index (κ2) is 4.65. The molecule has 0 atom stereocenters. The van der Waals surface area contributed by atoms with Crippen LogP contribution in [0.3, 0.4) is 0 Å². The van der Waals surface area contributed by atoms with E-state index in [1.165, 1.54) is 0 Å². The van der Waals surface area contributed by atoms with Gasteiger partial charge < -0.3 is 5.32 Å². The lowest BCUT2D eigenvalue weighted by Crippen LogP contribution is -2.31. The molecule has 1 aromatic carbocycles. The van der Waals surface area contributed by atoms with Crippen molar-refractivity contribution in [2.24, 2.45) is 0 Å². The van der Waals surface area contributed by atoms with E-state index in [2.05, 4.69) is 5.32 Å². The van der Waals surface area contributed by atoms with Crippen molar-refractivity contribution < 1.29 is 6.22 Å². The molecule has 2 nitrogen and oxygen atoms in total. The fourth-order valence-corrected chi connectivity index (χ4v) is 1.15. The molecule has 1 aromatic rings. The first-order valence-corrected chi connectivity index (χ1v) is 4.52. The minimum Gasteiger partial charge on any atom is -0.354 e. The van der Waals surface area contributed by atoms with Crippen LogP contribution in [0, 0.1) is 0 Å². The Morgan fingerprint density at radius 3 is 2.54 bits per heavy atom. The molecule has 0 unspecified atom stereocenters. The van der Waals surface area contributed by atoms with Gasteiger partial charge in [-0.25, -0.2) is 0 Å². The quantitative estimate of drug-likeness (QED) is 0.755. The third-order valence-electron chi connectivity index (χ3n) is 1.66. The van der Waals surface area contributed by atoms with Gasteiger partial charge in [0.2, 0.25) is 5.91 Å². The van der Waals surface area contributed by atoms with Crippen LogP contribution in [0.2, 0.25) is 0 Å². The predicted octanol–water partition coefficient (Wildman–Crippen LogP) is 2.00. The summed E-state index contributed by atoms with van der Waals surface area (Å²) in [6.45, 7) is 3.92. The molecule has 1 rings (SSSR count). The van der Waals surface area contributed by atoms with E-state index in [-0.39, 0.29) is 13.4 Å². The number of hydrogen-bond donors (Lipinski definition) is 1. The van der Waals surface area contributed by atoms with E-state index in [0.29, 0.717) is 6.42 Å². The van der Waals surface area contributed by atoms with Crippen LogP contribution in [-0.2, 0) is 11.2 Å². The fourth-order valence-electron chi connectivity index (χ4n) is 1.15. The van der Waals surface area contributed by atoms with E-state index < -0.39 is 0 Å². The summed E-state index contributed by atoms with van der Waals surface area (Å²) in [6.07, 6.45) is 0.471. The monoisotopic (exact) mass is 179 g/mol. The number of amides is 1. The average Bonchev–Trinajstić information content (AvgIpc) is 2.04. The van der Waals surface area contributed by atoms with Crippen molar-refractivity contribution in [3.8, 4) is 0 Å². The lowest BCUT2D eigenvalue weighted by molar-refractivity contribution is -0.120. The van der Waals surface area contributed by atoms with Crippen LogP contribution >= 0.6 is 0 Å². The van der Waals surface area contributed by atoms with Crippen LogP contribution in [0.1, 0.15) is 20.8 Å². The van der Waals surface area contributed by atoms with Gasteiger partial charge in [-0.15, -0.1) is 0 Å². The Kier molecular flexibility index (Phi) is 3.50. The highest BCUT2D eigenvalue weighted by Gasteiger charge is 2.03. The molecular formula is C11H17NO. The third-order valence-corrected chi connectivity index (χ3v) is 1.66. The predicted molar refractivity (Wildman–Crippen MR) is 55.5 cm³/mol. The molecule has 0 saturated heterocycles. The van der Waals surface area contributed by atoms with E-state index in [1.54, 1.807) is 0 Å². The van der Waals surface area contributed by atoms with Gasteiger partial charge in [0.05, 0.1) is 6.42 Å². The summed E-state index contributed by atoms with van der Waals surface area (Å²) in [5, 5.41) is 2.85. The Labute approximate surface area is 80.5 Å². The van der Waals surface area contributed by atoms with Gasteiger partial charge in [0.1, 0.15) is 0 Å². The van der Waals surface area contributed by atoms with Gasteiger partial charge in [-0.3, -0.25) is 4.79 Å². The standard InChI is InChI=1S/C11H15NO.H2/c1-9(2)12-11(13)8-10-6-4-3-5-7-10;/h3-7,9H,8H2,1-2H3,(H,12,13);1H. The first-order valence-electron chi connectivity index (χ1n) is 4.52. The second-order valence-electron chi connectivity index (χ2n) is 3.38. The van der Waals surface area contributed by atoms with Crippen molar-refractivity contribution in [1.29, 1.82) is 0 Å². The number of carbonyl (C=O) groups excluding carboxylic acids is 1. The van der Waals surface area contributed by atoms with Crippen molar-refractivity contribution in [1.82, 2.24) is 5.32 Å². The van der Waals surface area contributed by atoms with E-state index >= 15 is 0 Å². The number of hydrogen-bond acceptors (Lipinski definition) is 1. The van der Waals surface area contributed by atoms with Gasteiger partial charge in [0, 0.05) is 7.47 Å². The SMILES string of the molecule is CC(C)NC(=O)Cc1ccccc1.[HH]. The van der Waals surface area contributed by atoms with Crippen LogP contribution in [0.15, 0.2) is 30.3 Å². The maximum absolute atomic E-state index is 11.3. The molecule has 0 spiro atoms. The Balaban J connectivity index is 0.00000169. The molecule has 1 N–H and O–H groups in total. The Bertz CT molecular complexity index is 272. The van der Waals surface area contributed by atoms with Gasteiger partial charge in [0.25, 0.3) is 0 Å². The van der Waals surface area contributed by atoms with Crippen molar-refractivity contribution >= 4 is 5.91 Å². The van der Waals surface area contributed by atoms with Gasteiger partial charge in [-0.1, -0.05) is 30.3 Å². The van der Waals surface area contributed by atoms with Crippen LogP contribution < -0.4 is 5.32 Å². The summed E-state index contributed by atoms with van der Waals surface area (Å²) < 4.78 is 0. The molecule has 13 heavy (non-hydrogen) atoms. The number of benzene rings is 1. The summed E-state index contributed by atoms with van der Waals surface area (Å²) in [5.41, 5.74) is 1.06. The molecule has 0 aromatic heterocycles. The molecule has 0 bridgehead atoms. The third kappa shape index (κ3) is 3.74. The zero-order chi connectivity index (χ0) is 9.68. The van der Waals surface area contributed by atoms with E-state index in [9.17, 15) is 4.79 Å². The zero-order valence-corrected chi connectivity index (χ0v) is 8.08. The highest BCUT2D eigenvalue weighted by molar-refractivity contribution is 5.78. The molecule has 0 heterocycles. The molecule has 0 aliphatic rings. The van der Waals surface area contributed by atoms with Gasteiger partial charge in [-0.2, -0.15) is 0 Å². The molecule has 0 fully saturated rings. The molecule has 0 aliphatic carbocycles. The van der Waals surface area contributed by atoms with Crippen LogP contribution in [0.4, 0.5) is 0 Å². The van der Waals surface area contributed by atoms with E-state index in [0.717, 1.165) is 5.56 Å². The Morgan fingerprint density at radius 2 is 2.00 bits per heavy atom. The smallest absolute Gasteiger partial charge is 0.224 e. The average molecular weight is 179 g/mol. The molecule has 0 saturated carbocycles. The first-order chi connectivity index (χ1) is 6.18. The zero-order valence-electron chi connectivity index (χ0n) is 8.08. The lowest BCUT2D eigenvalue weighted by atomic mass is 10.1. The second-order valence-corrected chi connectivity index (χ2v) is 3.38. The topological polar surface area (TPSA) is 29.1 Å². The van der Waals surface area contributed by atoms with Gasteiger partial charge >= 0.3 is 0 Å². The number of carbonyl (C=O) groups is 1. The summed E-state index contributed by atoms with van der Waals surface area (Å²) in [5.74, 6) is 0.0844. The molecule has 2 heteroatoms. The van der Waals surface area contributed by atoms with Crippen molar-refractivity contribution in [2.45, 2.75) is 26.3 Å². The van der Waals surface area contributed by atoms with Crippen molar-refractivity contribution in [3.05, 3.63) is 35.9 Å². The Hall–Kier alpha value is -1.31. The van der Waals surface area contributed by atoms with Crippen LogP contribution in [0.25, 0.3) is 0 Å². The van der Waals surface area contributed by atoms with Gasteiger partial charge in [0.15, 0.2) is 0 Å². The van der Waals surface area contributed by atoms with E-state index in [1.807, 2.05) is 44.2 Å². The Morgan fingerprint density at radius 1 is 1.38 bits per heavy atom. The number of nitrogens with one attached hydrogen (secondary N) is 1. The maximum Gasteiger partial charge on any atom is 0.224 e.